The normalized spacial score (nSPS) is 17.6. The van der Waals surface area contributed by atoms with Crippen LogP contribution in [0.1, 0.15) is 51.9 Å². The molecule has 0 saturated heterocycles. The van der Waals surface area contributed by atoms with E-state index in [-0.39, 0.29) is 11.6 Å². The molecular formula is C17H22N2O3. The second-order valence-electron chi connectivity index (χ2n) is 5.98. The molecule has 0 bridgehead atoms. The third-order valence-corrected chi connectivity index (χ3v) is 4.68. The maximum Gasteiger partial charge on any atom is 0.211 e. The average Bonchev–Trinajstić information content (AvgIpc) is 2.82. The number of fused-ring (bicyclic) bond motifs is 3. The minimum Gasteiger partial charge on any atom is -0.383 e. The lowest BCUT2D eigenvalue weighted by Gasteiger charge is -2.21. The quantitative estimate of drug-likeness (QED) is 0.865. The Morgan fingerprint density at radius 1 is 1.18 bits per heavy atom. The minimum atomic E-state index is -0.0531. The van der Waals surface area contributed by atoms with Crippen LogP contribution in [-0.4, -0.2) is 36.4 Å². The van der Waals surface area contributed by atoms with Gasteiger partial charge in [0.25, 0.3) is 0 Å². The molecular weight excluding hydrogens is 280 g/mol. The van der Waals surface area contributed by atoms with Gasteiger partial charge in [-0.15, -0.1) is 0 Å². The number of ether oxygens (including phenoxy) is 1. The van der Waals surface area contributed by atoms with Gasteiger partial charge in [0.1, 0.15) is 5.69 Å². The number of methoxy groups -OCH3 is 1. The number of nitrogens with zero attached hydrogens (tertiary/aromatic N) is 1. The first kappa shape index (κ1) is 15.0. The Hall–Kier alpha value is -1.88. The van der Waals surface area contributed by atoms with Crippen molar-refractivity contribution in [2.24, 2.45) is 0 Å². The lowest BCUT2D eigenvalue weighted by molar-refractivity contribution is 0.0960. The third kappa shape index (κ3) is 2.11. The summed E-state index contributed by atoms with van der Waals surface area (Å²) in [5, 5.41) is 3.08. The van der Waals surface area contributed by atoms with Crippen molar-refractivity contribution in [1.82, 2.24) is 9.88 Å². The molecule has 0 aromatic carbocycles. The molecule has 0 spiro atoms. The van der Waals surface area contributed by atoms with Crippen molar-refractivity contribution in [2.75, 3.05) is 20.3 Å². The summed E-state index contributed by atoms with van der Waals surface area (Å²) in [4.78, 5) is 25.7. The van der Waals surface area contributed by atoms with Gasteiger partial charge in [-0.2, -0.15) is 0 Å². The topological polar surface area (TPSA) is 60.3 Å². The number of rotatable bonds is 4. The molecule has 1 N–H and O–H groups in total. The number of hydrogen-bond donors (Lipinski definition) is 1. The molecule has 0 saturated carbocycles. The van der Waals surface area contributed by atoms with Crippen LogP contribution >= 0.6 is 0 Å². The van der Waals surface area contributed by atoms with Gasteiger partial charge in [0.15, 0.2) is 0 Å². The SMILES string of the molecule is COCCNC1=C(C)C(=O)c2c(c(C)c3n2CCCC3)C1=O. The summed E-state index contributed by atoms with van der Waals surface area (Å²) in [5.74, 6) is -0.0756. The smallest absolute Gasteiger partial charge is 0.211 e. The Morgan fingerprint density at radius 3 is 2.68 bits per heavy atom. The van der Waals surface area contributed by atoms with Crippen LogP contribution in [0.15, 0.2) is 11.3 Å². The number of Topliss-reactive ketones (excluding diaryl/α,β-unsaturated/α-hetero) is 2. The highest BCUT2D eigenvalue weighted by Crippen LogP contribution is 2.34. The number of aromatic nitrogens is 1. The monoisotopic (exact) mass is 302 g/mol. The summed E-state index contributed by atoms with van der Waals surface area (Å²) < 4.78 is 7.08. The van der Waals surface area contributed by atoms with Crippen molar-refractivity contribution in [2.45, 2.75) is 39.7 Å². The molecule has 2 heterocycles. The van der Waals surface area contributed by atoms with Gasteiger partial charge in [0.05, 0.1) is 17.9 Å². The molecule has 1 aromatic rings. The van der Waals surface area contributed by atoms with Crippen molar-refractivity contribution in [1.29, 1.82) is 0 Å². The third-order valence-electron chi connectivity index (χ3n) is 4.68. The Kier molecular flexibility index (Phi) is 3.91. The maximum absolute atomic E-state index is 12.9. The summed E-state index contributed by atoms with van der Waals surface area (Å²) in [5.41, 5.74) is 4.29. The van der Waals surface area contributed by atoms with Crippen molar-refractivity contribution < 1.29 is 14.3 Å². The van der Waals surface area contributed by atoms with Crippen LogP contribution in [0.5, 0.6) is 0 Å². The van der Waals surface area contributed by atoms with E-state index in [4.69, 9.17) is 4.74 Å². The number of allylic oxidation sites excluding steroid dienone is 2. The molecule has 0 unspecified atom stereocenters. The van der Waals surface area contributed by atoms with Crippen LogP contribution < -0.4 is 5.32 Å². The molecule has 0 fully saturated rings. The van der Waals surface area contributed by atoms with Gasteiger partial charge in [-0.1, -0.05) is 0 Å². The van der Waals surface area contributed by atoms with Crippen molar-refractivity contribution in [3.05, 3.63) is 33.8 Å². The van der Waals surface area contributed by atoms with Gasteiger partial charge in [-0.05, 0) is 38.7 Å². The first-order chi connectivity index (χ1) is 10.6. The fourth-order valence-electron chi connectivity index (χ4n) is 3.52. The molecule has 118 valence electrons. The number of carbonyl (C=O) groups is 2. The predicted molar refractivity (Wildman–Crippen MR) is 83.3 cm³/mol. The summed E-state index contributed by atoms with van der Waals surface area (Å²) in [6.07, 6.45) is 3.14. The number of carbonyl (C=O) groups excluding carboxylic acids is 2. The summed E-state index contributed by atoms with van der Waals surface area (Å²) in [7, 11) is 1.61. The first-order valence-corrected chi connectivity index (χ1v) is 7.83. The molecule has 1 aliphatic carbocycles. The van der Waals surface area contributed by atoms with E-state index in [1.807, 2.05) is 6.92 Å². The Morgan fingerprint density at radius 2 is 1.95 bits per heavy atom. The van der Waals surface area contributed by atoms with E-state index >= 15 is 0 Å². The highest BCUT2D eigenvalue weighted by molar-refractivity contribution is 6.26. The molecule has 5 heteroatoms. The molecule has 22 heavy (non-hydrogen) atoms. The molecule has 1 aromatic heterocycles. The minimum absolute atomic E-state index is 0.0224. The van der Waals surface area contributed by atoms with Gasteiger partial charge in [0, 0.05) is 31.5 Å². The lowest BCUT2D eigenvalue weighted by Crippen LogP contribution is -2.32. The summed E-state index contributed by atoms with van der Waals surface area (Å²) in [6, 6.07) is 0. The second kappa shape index (κ2) is 5.72. The first-order valence-electron chi connectivity index (χ1n) is 7.83. The fraction of sp³-hybridized carbons (Fsp3) is 0.529. The van der Waals surface area contributed by atoms with E-state index in [1.165, 1.54) is 0 Å². The highest BCUT2D eigenvalue weighted by atomic mass is 16.5. The maximum atomic E-state index is 12.9. The van der Waals surface area contributed by atoms with Gasteiger partial charge >= 0.3 is 0 Å². The van der Waals surface area contributed by atoms with E-state index < -0.39 is 0 Å². The van der Waals surface area contributed by atoms with E-state index in [1.54, 1.807) is 14.0 Å². The molecule has 2 aliphatic rings. The van der Waals surface area contributed by atoms with Crippen molar-refractivity contribution in [3.63, 3.8) is 0 Å². The van der Waals surface area contributed by atoms with Crippen LogP contribution in [0.3, 0.4) is 0 Å². The number of nitrogens with one attached hydrogen (secondary N) is 1. The molecule has 0 amide bonds. The van der Waals surface area contributed by atoms with Crippen molar-refractivity contribution in [3.8, 4) is 0 Å². The Bertz CT molecular complexity index is 683. The predicted octanol–water partition coefficient (Wildman–Crippen LogP) is 2.02. The Labute approximate surface area is 130 Å². The van der Waals surface area contributed by atoms with Crippen molar-refractivity contribution >= 4 is 11.6 Å². The molecule has 0 radical (unpaired) electrons. The largest absolute Gasteiger partial charge is 0.383 e. The zero-order valence-electron chi connectivity index (χ0n) is 13.4. The number of hydrogen-bond acceptors (Lipinski definition) is 4. The Balaban J connectivity index is 2.06. The zero-order valence-corrected chi connectivity index (χ0v) is 13.4. The van der Waals surface area contributed by atoms with Crippen LogP contribution in [0.2, 0.25) is 0 Å². The van der Waals surface area contributed by atoms with E-state index in [0.717, 1.165) is 37.1 Å². The van der Waals surface area contributed by atoms with Crippen LogP contribution in [0, 0.1) is 6.92 Å². The fourth-order valence-corrected chi connectivity index (χ4v) is 3.52. The standard InChI is InChI=1S/C17H22N2O3/c1-10-12-6-4-5-8-19(12)15-13(10)17(21)14(11(2)16(15)20)18-7-9-22-3/h18H,4-9H2,1-3H3. The number of ketones is 2. The van der Waals surface area contributed by atoms with Gasteiger partial charge in [-0.3, -0.25) is 9.59 Å². The van der Waals surface area contributed by atoms with Gasteiger partial charge in [0.2, 0.25) is 11.6 Å². The average molecular weight is 302 g/mol. The summed E-state index contributed by atoms with van der Waals surface area (Å²) >= 11 is 0. The zero-order chi connectivity index (χ0) is 15.9. The van der Waals surface area contributed by atoms with E-state index in [9.17, 15) is 9.59 Å². The van der Waals surface area contributed by atoms with Crippen LogP contribution in [0.4, 0.5) is 0 Å². The van der Waals surface area contributed by atoms with Gasteiger partial charge in [-0.25, -0.2) is 0 Å². The molecule has 3 rings (SSSR count). The second-order valence-corrected chi connectivity index (χ2v) is 5.98. The van der Waals surface area contributed by atoms with Crippen LogP contribution in [-0.2, 0) is 17.7 Å². The molecule has 5 nitrogen and oxygen atoms in total. The lowest BCUT2D eigenvalue weighted by atomic mass is 9.90. The van der Waals surface area contributed by atoms with E-state index in [2.05, 4.69) is 9.88 Å². The van der Waals surface area contributed by atoms with Crippen LogP contribution in [0.25, 0.3) is 0 Å². The van der Waals surface area contributed by atoms with E-state index in [0.29, 0.717) is 35.7 Å². The molecule has 0 atom stereocenters. The highest BCUT2D eigenvalue weighted by Gasteiger charge is 2.37. The van der Waals surface area contributed by atoms with Gasteiger partial charge < -0.3 is 14.6 Å². The summed E-state index contributed by atoms with van der Waals surface area (Å²) in [6.45, 7) is 5.55. The molecule has 1 aliphatic heterocycles.